The van der Waals surface area contributed by atoms with E-state index in [9.17, 15) is 4.79 Å². The summed E-state index contributed by atoms with van der Waals surface area (Å²) in [5.74, 6) is 0.410. The predicted molar refractivity (Wildman–Crippen MR) is 126 cm³/mol. The lowest BCUT2D eigenvalue weighted by Gasteiger charge is -2.27. The highest BCUT2D eigenvalue weighted by molar-refractivity contribution is 6.31. The van der Waals surface area contributed by atoms with Crippen LogP contribution in [0.4, 0.5) is 17.5 Å². The van der Waals surface area contributed by atoms with Crippen molar-refractivity contribution in [2.75, 3.05) is 10.6 Å². The minimum atomic E-state index is -0.685. The largest absolute Gasteiger partial charge is 0.481 e. The molecule has 0 bridgehead atoms. The molecule has 32 heavy (non-hydrogen) atoms. The Bertz CT molecular complexity index is 1110. The van der Waals surface area contributed by atoms with Gasteiger partial charge in [0.2, 0.25) is 5.95 Å². The van der Waals surface area contributed by atoms with Gasteiger partial charge in [-0.15, -0.1) is 0 Å². The van der Waals surface area contributed by atoms with Crippen LogP contribution in [-0.2, 0) is 4.79 Å². The van der Waals surface area contributed by atoms with E-state index in [0.29, 0.717) is 23.8 Å². The first-order chi connectivity index (χ1) is 15.4. The molecule has 0 radical (unpaired) electrons. The van der Waals surface area contributed by atoms with Gasteiger partial charge in [0.1, 0.15) is 5.82 Å². The molecule has 8 heteroatoms. The molecule has 0 unspecified atom stereocenters. The average molecular weight is 452 g/mol. The summed E-state index contributed by atoms with van der Waals surface area (Å²) in [6, 6.07) is 10.5. The lowest BCUT2D eigenvalue weighted by atomic mass is 9.86. The summed E-state index contributed by atoms with van der Waals surface area (Å²) in [6.45, 7) is 3.88. The number of aryl methyl sites for hydroxylation is 2. The molecule has 0 aliphatic heterocycles. The number of nitrogens with zero attached hydrogens (tertiary/aromatic N) is 3. The van der Waals surface area contributed by atoms with Gasteiger partial charge in [-0.2, -0.15) is 0 Å². The molecule has 2 heterocycles. The van der Waals surface area contributed by atoms with Crippen LogP contribution in [0.25, 0.3) is 11.1 Å². The molecular formula is C24H26ClN5O2. The normalized spacial score (nSPS) is 18.2. The van der Waals surface area contributed by atoms with Crippen LogP contribution in [0.3, 0.4) is 0 Å². The number of benzene rings is 1. The second-order valence-electron chi connectivity index (χ2n) is 8.30. The summed E-state index contributed by atoms with van der Waals surface area (Å²) >= 11 is 6.02. The van der Waals surface area contributed by atoms with Crippen LogP contribution < -0.4 is 10.6 Å². The Labute approximate surface area is 192 Å². The Balaban J connectivity index is 1.44. The highest BCUT2D eigenvalue weighted by Crippen LogP contribution is 2.29. The topological polar surface area (TPSA) is 100 Å². The molecular weight excluding hydrogens is 426 g/mol. The Hall–Kier alpha value is -3.19. The van der Waals surface area contributed by atoms with Crippen molar-refractivity contribution in [3.05, 3.63) is 59.0 Å². The number of hydrogen-bond donors (Lipinski definition) is 3. The highest BCUT2D eigenvalue weighted by Gasteiger charge is 2.25. The first kappa shape index (κ1) is 22.0. The molecule has 1 aliphatic carbocycles. The van der Waals surface area contributed by atoms with Gasteiger partial charge < -0.3 is 15.7 Å². The maximum Gasteiger partial charge on any atom is 0.306 e. The maximum atomic E-state index is 11.1. The minimum absolute atomic E-state index is 0.213. The molecule has 3 aromatic rings. The van der Waals surface area contributed by atoms with Crippen molar-refractivity contribution in [2.24, 2.45) is 5.92 Å². The number of nitrogens with one attached hydrogen (secondary N) is 2. The molecule has 0 saturated heterocycles. The van der Waals surface area contributed by atoms with E-state index in [1.165, 1.54) is 0 Å². The summed E-state index contributed by atoms with van der Waals surface area (Å²) in [7, 11) is 0. The predicted octanol–water partition coefficient (Wildman–Crippen LogP) is 5.61. The van der Waals surface area contributed by atoms with Gasteiger partial charge in [-0.25, -0.2) is 15.0 Å². The fourth-order valence-corrected chi connectivity index (χ4v) is 4.10. The van der Waals surface area contributed by atoms with Gasteiger partial charge in [-0.05, 0) is 74.9 Å². The Morgan fingerprint density at radius 1 is 1.03 bits per heavy atom. The number of hydrogen-bond acceptors (Lipinski definition) is 6. The fraction of sp³-hybridized carbons (Fsp3) is 0.333. The van der Waals surface area contributed by atoms with E-state index in [1.807, 2.05) is 44.3 Å². The third kappa shape index (κ3) is 5.34. The molecule has 0 spiro atoms. The van der Waals surface area contributed by atoms with Crippen LogP contribution >= 0.6 is 11.6 Å². The molecule has 1 aliphatic rings. The van der Waals surface area contributed by atoms with Crippen molar-refractivity contribution in [3.63, 3.8) is 0 Å². The number of aromatic nitrogens is 3. The standard InChI is InChI=1S/C24H26ClN5O2/c1-14-9-18(11-20(10-14)30-24-27-13-21(25)15(2)28-24)17-5-8-22(26-12-17)29-19-6-3-16(4-7-19)23(31)32/h5,8-13,16,19H,3-4,6-7H2,1-2H3,(H,26,29)(H,31,32)(H,27,28,30). The maximum absolute atomic E-state index is 11.1. The molecule has 1 aromatic carbocycles. The van der Waals surface area contributed by atoms with Crippen molar-refractivity contribution in [1.29, 1.82) is 0 Å². The zero-order valence-corrected chi connectivity index (χ0v) is 18.9. The van der Waals surface area contributed by atoms with Gasteiger partial charge in [0.25, 0.3) is 0 Å². The Kier molecular flexibility index (Phi) is 6.55. The second-order valence-corrected chi connectivity index (χ2v) is 8.71. The smallest absolute Gasteiger partial charge is 0.306 e. The number of aliphatic carboxylic acids is 1. The Morgan fingerprint density at radius 3 is 2.47 bits per heavy atom. The molecule has 7 nitrogen and oxygen atoms in total. The van der Waals surface area contributed by atoms with Crippen molar-refractivity contribution < 1.29 is 9.90 Å². The summed E-state index contributed by atoms with van der Waals surface area (Å²) in [6.07, 6.45) is 6.56. The summed E-state index contributed by atoms with van der Waals surface area (Å²) in [5, 5.41) is 16.4. The molecule has 4 rings (SSSR count). The molecule has 2 aromatic heterocycles. The molecule has 166 valence electrons. The number of rotatable bonds is 6. The van der Waals surface area contributed by atoms with E-state index >= 15 is 0 Å². The number of pyridine rings is 1. The molecule has 3 N–H and O–H groups in total. The zero-order valence-electron chi connectivity index (χ0n) is 18.1. The van der Waals surface area contributed by atoms with Gasteiger partial charge in [-0.3, -0.25) is 4.79 Å². The SMILES string of the molecule is Cc1cc(Nc2ncc(Cl)c(C)n2)cc(-c2ccc(NC3CCC(C(=O)O)CC3)nc2)c1. The van der Waals surface area contributed by atoms with Gasteiger partial charge in [0.05, 0.1) is 22.8 Å². The van der Waals surface area contributed by atoms with E-state index in [0.717, 1.165) is 46.7 Å². The third-order valence-corrected chi connectivity index (χ3v) is 6.15. The number of carboxylic acid groups (broad SMARTS) is 1. The van der Waals surface area contributed by atoms with Gasteiger partial charge >= 0.3 is 5.97 Å². The van der Waals surface area contributed by atoms with Crippen LogP contribution in [0.1, 0.15) is 36.9 Å². The monoisotopic (exact) mass is 451 g/mol. The van der Waals surface area contributed by atoms with Crippen LogP contribution in [-0.4, -0.2) is 32.1 Å². The zero-order chi connectivity index (χ0) is 22.7. The first-order valence-electron chi connectivity index (χ1n) is 10.7. The van der Waals surface area contributed by atoms with Crippen LogP contribution in [0, 0.1) is 19.8 Å². The minimum Gasteiger partial charge on any atom is -0.481 e. The van der Waals surface area contributed by atoms with Crippen molar-refractivity contribution in [3.8, 4) is 11.1 Å². The Morgan fingerprint density at radius 2 is 1.81 bits per heavy atom. The quantitative estimate of drug-likeness (QED) is 0.448. The summed E-state index contributed by atoms with van der Waals surface area (Å²) < 4.78 is 0. The van der Waals surface area contributed by atoms with E-state index < -0.39 is 5.97 Å². The van der Waals surface area contributed by atoms with Crippen molar-refractivity contribution in [1.82, 2.24) is 15.0 Å². The molecule has 1 saturated carbocycles. The average Bonchev–Trinajstić information content (AvgIpc) is 2.77. The highest BCUT2D eigenvalue weighted by atomic mass is 35.5. The second kappa shape index (κ2) is 9.53. The van der Waals surface area contributed by atoms with Gasteiger partial charge in [0, 0.05) is 23.5 Å². The fourth-order valence-electron chi connectivity index (χ4n) is 4.01. The van der Waals surface area contributed by atoms with E-state index in [1.54, 1.807) is 6.20 Å². The number of carboxylic acids is 1. The molecule has 1 fully saturated rings. The molecule has 0 atom stereocenters. The summed E-state index contributed by atoms with van der Waals surface area (Å²) in [5.41, 5.74) is 4.76. The van der Waals surface area contributed by atoms with Crippen LogP contribution in [0.15, 0.2) is 42.7 Å². The van der Waals surface area contributed by atoms with Crippen LogP contribution in [0.2, 0.25) is 5.02 Å². The number of halogens is 1. The molecule has 0 amide bonds. The summed E-state index contributed by atoms with van der Waals surface area (Å²) in [4.78, 5) is 24.3. The van der Waals surface area contributed by atoms with E-state index in [2.05, 4.69) is 31.7 Å². The van der Waals surface area contributed by atoms with Crippen molar-refractivity contribution in [2.45, 2.75) is 45.6 Å². The van der Waals surface area contributed by atoms with E-state index in [-0.39, 0.29) is 12.0 Å². The lowest BCUT2D eigenvalue weighted by molar-refractivity contribution is -0.142. The van der Waals surface area contributed by atoms with E-state index in [4.69, 9.17) is 16.7 Å². The van der Waals surface area contributed by atoms with Crippen LogP contribution in [0.5, 0.6) is 0 Å². The first-order valence-corrected chi connectivity index (χ1v) is 11.1. The third-order valence-electron chi connectivity index (χ3n) is 5.78. The number of carbonyl (C=O) groups is 1. The number of anilines is 3. The van der Waals surface area contributed by atoms with Gasteiger partial charge in [-0.1, -0.05) is 17.7 Å². The van der Waals surface area contributed by atoms with Crippen molar-refractivity contribution >= 4 is 35.0 Å². The lowest BCUT2D eigenvalue weighted by Crippen LogP contribution is -2.29. The van der Waals surface area contributed by atoms with Gasteiger partial charge in [0.15, 0.2) is 0 Å².